The molecule has 2 aromatic rings. The molecule has 0 aliphatic heterocycles. The summed E-state index contributed by atoms with van der Waals surface area (Å²) in [6, 6.07) is 6.43. The molecule has 1 aliphatic carbocycles. The number of carbonyl (C=O) groups is 1. The predicted octanol–water partition coefficient (Wildman–Crippen LogP) is 3.72. The first-order chi connectivity index (χ1) is 13.8. The number of non-ortho nitro benzene ring substituents is 2. The van der Waals surface area contributed by atoms with Gasteiger partial charge in [-0.2, -0.15) is 0 Å². The van der Waals surface area contributed by atoms with Crippen LogP contribution in [0.4, 0.5) is 11.4 Å². The highest BCUT2D eigenvalue weighted by Crippen LogP contribution is 2.29. The van der Waals surface area contributed by atoms with E-state index in [1.165, 1.54) is 0 Å². The molecule has 0 N–H and O–H groups in total. The van der Waals surface area contributed by atoms with E-state index < -0.39 is 27.2 Å². The lowest BCUT2D eigenvalue weighted by Crippen LogP contribution is -2.14. The van der Waals surface area contributed by atoms with Crippen molar-refractivity contribution in [3.63, 3.8) is 0 Å². The largest absolute Gasteiger partial charge is 0.496 e. The third-order valence-electron chi connectivity index (χ3n) is 4.59. The van der Waals surface area contributed by atoms with Crippen LogP contribution in [0.3, 0.4) is 0 Å². The summed E-state index contributed by atoms with van der Waals surface area (Å²) in [5, 5.41) is 25.9. The van der Waals surface area contributed by atoms with Gasteiger partial charge in [-0.3, -0.25) is 20.2 Å². The summed E-state index contributed by atoms with van der Waals surface area (Å²) < 4.78 is 5.33. The van der Waals surface area contributed by atoms with Gasteiger partial charge in [0.15, 0.2) is 0 Å². The molecule has 0 radical (unpaired) electrons. The second-order valence-corrected chi connectivity index (χ2v) is 6.50. The van der Waals surface area contributed by atoms with Crippen molar-refractivity contribution in [2.45, 2.75) is 26.2 Å². The fraction of sp³-hybridized carbons (Fsp3) is 0.263. The molecule has 150 valence electrons. The van der Waals surface area contributed by atoms with Crippen molar-refractivity contribution in [2.24, 2.45) is 5.16 Å². The molecule has 2 aromatic carbocycles. The van der Waals surface area contributed by atoms with Crippen LogP contribution in [0.15, 0.2) is 35.5 Å². The van der Waals surface area contributed by atoms with Gasteiger partial charge in [0.2, 0.25) is 0 Å². The van der Waals surface area contributed by atoms with Gasteiger partial charge >= 0.3 is 5.97 Å². The number of methoxy groups -OCH3 is 1. The van der Waals surface area contributed by atoms with Crippen molar-refractivity contribution in [1.82, 2.24) is 0 Å². The van der Waals surface area contributed by atoms with E-state index in [2.05, 4.69) is 5.16 Å². The highest BCUT2D eigenvalue weighted by Gasteiger charge is 2.22. The number of hydrogen-bond acceptors (Lipinski definition) is 8. The van der Waals surface area contributed by atoms with Gasteiger partial charge in [-0.25, -0.2) is 4.79 Å². The minimum absolute atomic E-state index is 0.322. The van der Waals surface area contributed by atoms with Crippen LogP contribution in [-0.4, -0.2) is 28.6 Å². The van der Waals surface area contributed by atoms with Crippen molar-refractivity contribution in [1.29, 1.82) is 0 Å². The molecule has 0 atom stereocenters. The summed E-state index contributed by atoms with van der Waals surface area (Å²) in [6.07, 6.45) is 2.22. The van der Waals surface area contributed by atoms with Crippen LogP contribution in [-0.2, 0) is 11.3 Å². The summed E-state index contributed by atoms with van der Waals surface area (Å²) in [7, 11) is 1.59. The van der Waals surface area contributed by atoms with Crippen molar-refractivity contribution in [3.05, 3.63) is 72.8 Å². The maximum absolute atomic E-state index is 12.3. The zero-order chi connectivity index (χ0) is 21.1. The van der Waals surface area contributed by atoms with E-state index in [1.807, 2.05) is 19.1 Å². The molecular formula is C19H17N3O7. The number of fused-ring (bicyclic) bond motifs is 1. The van der Waals surface area contributed by atoms with E-state index in [1.54, 1.807) is 7.11 Å². The minimum Gasteiger partial charge on any atom is -0.496 e. The fourth-order valence-electron chi connectivity index (χ4n) is 3.17. The predicted molar refractivity (Wildman–Crippen MR) is 102 cm³/mol. The number of aryl methyl sites for hydroxylation is 2. The highest BCUT2D eigenvalue weighted by atomic mass is 16.7. The summed E-state index contributed by atoms with van der Waals surface area (Å²) in [4.78, 5) is 37.6. The highest BCUT2D eigenvalue weighted by molar-refractivity contribution is 6.03. The van der Waals surface area contributed by atoms with E-state index in [4.69, 9.17) is 9.57 Å². The van der Waals surface area contributed by atoms with Crippen molar-refractivity contribution >= 4 is 23.1 Å². The maximum Gasteiger partial charge on any atom is 0.366 e. The number of benzene rings is 2. The van der Waals surface area contributed by atoms with Crippen molar-refractivity contribution in [3.8, 4) is 5.75 Å². The molecule has 0 fully saturated rings. The molecule has 1 aliphatic rings. The standard InChI is InChI=1S/C19H17N3O7/c1-11-6-16-12(9-18(11)28-2)4-3-5-17(16)20-29-19(23)13-7-14(21(24)25)10-15(8-13)22(26)27/h6-10H,3-5H2,1-2H3/b20-17-. The summed E-state index contributed by atoms with van der Waals surface area (Å²) in [6.45, 7) is 1.89. The third-order valence-corrected chi connectivity index (χ3v) is 4.59. The van der Waals surface area contributed by atoms with Gasteiger partial charge in [-0.1, -0.05) is 5.16 Å². The number of oxime groups is 1. The van der Waals surface area contributed by atoms with Crippen LogP contribution in [0, 0.1) is 27.2 Å². The van der Waals surface area contributed by atoms with E-state index in [9.17, 15) is 25.0 Å². The lowest BCUT2D eigenvalue weighted by atomic mass is 9.88. The molecule has 0 unspecified atom stereocenters. The molecule has 0 aromatic heterocycles. The first kappa shape index (κ1) is 19.9. The molecule has 0 amide bonds. The normalized spacial score (nSPS) is 14.2. The Morgan fingerprint density at radius 2 is 1.69 bits per heavy atom. The number of nitro groups is 2. The van der Waals surface area contributed by atoms with Crippen molar-refractivity contribution < 1.29 is 24.2 Å². The number of rotatable bonds is 5. The van der Waals surface area contributed by atoms with Gasteiger partial charge in [-0.05, 0) is 49.4 Å². The van der Waals surface area contributed by atoms with Crippen molar-refractivity contribution in [2.75, 3.05) is 7.11 Å². The monoisotopic (exact) mass is 399 g/mol. The molecule has 0 spiro atoms. The van der Waals surface area contributed by atoms with Crippen LogP contribution < -0.4 is 4.74 Å². The fourth-order valence-corrected chi connectivity index (χ4v) is 3.17. The minimum atomic E-state index is -1.01. The first-order valence-corrected chi connectivity index (χ1v) is 8.70. The van der Waals surface area contributed by atoms with Crippen LogP contribution in [0.2, 0.25) is 0 Å². The Bertz CT molecular complexity index is 1010. The summed E-state index contributed by atoms with van der Waals surface area (Å²) in [5.74, 6) is -0.257. The summed E-state index contributed by atoms with van der Waals surface area (Å²) in [5.41, 5.74) is 1.84. The van der Waals surface area contributed by atoms with Crippen LogP contribution in [0.25, 0.3) is 0 Å². The van der Waals surface area contributed by atoms with Gasteiger partial charge in [0.25, 0.3) is 11.4 Å². The maximum atomic E-state index is 12.3. The Labute approximate surface area is 165 Å². The van der Waals surface area contributed by atoms with Gasteiger partial charge in [0.05, 0.1) is 34.3 Å². The molecule has 29 heavy (non-hydrogen) atoms. The Kier molecular flexibility index (Phi) is 5.53. The number of carbonyl (C=O) groups excluding carboxylic acids is 1. The molecule has 0 saturated carbocycles. The lowest BCUT2D eigenvalue weighted by molar-refractivity contribution is -0.394. The zero-order valence-corrected chi connectivity index (χ0v) is 15.7. The van der Waals surface area contributed by atoms with Crippen LogP contribution >= 0.6 is 0 Å². The molecule has 0 bridgehead atoms. The molecule has 10 nitrogen and oxygen atoms in total. The van der Waals surface area contributed by atoms with Gasteiger partial charge < -0.3 is 9.57 Å². The number of nitro benzene ring substituents is 2. The second-order valence-electron chi connectivity index (χ2n) is 6.50. The zero-order valence-electron chi connectivity index (χ0n) is 15.7. The molecule has 3 rings (SSSR count). The van der Waals surface area contributed by atoms with E-state index >= 15 is 0 Å². The topological polar surface area (TPSA) is 134 Å². The second kappa shape index (κ2) is 8.05. The van der Waals surface area contributed by atoms with Gasteiger partial charge in [-0.15, -0.1) is 0 Å². The average Bonchev–Trinajstić information content (AvgIpc) is 2.71. The average molecular weight is 399 g/mol. The van der Waals surface area contributed by atoms with Gasteiger partial charge in [0, 0.05) is 17.7 Å². The first-order valence-electron chi connectivity index (χ1n) is 8.70. The smallest absolute Gasteiger partial charge is 0.366 e. The van der Waals surface area contributed by atoms with E-state index in [-0.39, 0.29) is 5.56 Å². The number of ether oxygens (including phenoxy) is 1. The Morgan fingerprint density at radius 1 is 1.03 bits per heavy atom. The number of hydrogen-bond donors (Lipinski definition) is 0. The molecular weight excluding hydrogens is 382 g/mol. The molecule has 10 heteroatoms. The van der Waals surface area contributed by atoms with Gasteiger partial charge in [0.1, 0.15) is 5.75 Å². The molecule has 0 saturated heterocycles. The Balaban J connectivity index is 1.90. The number of nitrogens with zero attached hydrogens (tertiary/aromatic N) is 3. The molecule has 0 heterocycles. The van der Waals surface area contributed by atoms with E-state index in [0.717, 1.165) is 53.5 Å². The SMILES string of the molecule is COc1cc2c(cc1C)/C(=N\OC(=O)c1cc([N+](=O)[O-])cc([N+](=O)[O-])c1)CCC2. The van der Waals surface area contributed by atoms with Crippen LogP contribution in [0.1, 0.15) is 39.9 Å². The van der Waals surface area contributed by atoms with Crippen LogP contribution in [0.5, 0.6) is 5.75 Å². The quantitative estimate of drug-likeness (QED) is 0.425. The Morgan fingerprint density at radius 3 is 2.28 bits per heavy atom. The van der Waals surface area contributed by atoms with E-state index in [0.29, 0.717) is 12.1 Å². The summed E-state index contributed by atoms with van der Waals surface area (Å²) >= 11 is 0. The third kappa shape index (κ3) is 4.21. The lowest BCUT2D eigenvalue weighted by Gasteiger charge is -2.19. The Hall–Kier alpha value is -3.82.